The quantitative estimate of drug-likeness (QED) is 0.313. The molecule has 0 atom stereocenters. The Morgan fingerprint density at radius 1 is 1.19 bits per heavy atom. The van der Waals surface area contributed by atoms with Crippen molar-refractivity contribution >= 4 is 29.1 Å². The molecule has 1 amide bonds. The summed E-state index contributed by atoms with van der Waals surface area (Å²) in [4.78, 5) is 23.6. The zero-order chi connectivity index (χ0) is 22.4. The molecular formula is C22H21N3O5S. The number of carbonyl (C=O) groups is 1. The predicted molar refractivity (Wildman–Crippen MR) is 119 cm³/mol. The predicted octanol–water partition coefficient (Wildman–Crippen LogP) is 4.62. The van der Waals surface area contributed by atoms with Crippen LogP contribution in [0.4, 0.5) is 5.69 Å². The Kier molecular flexibility index (Phi) is 6.99. The lowest BCUT2D eigenvalue weighted by Gasteiger charge is -2.11. The Morgan fingerprint density at radius 2 is 1.97 bits per heavy atom. The van der Waals surface area contributed by atoms with Gasteiger partial charge in [0.15, 0.2) is 5.75 Å². The topological polar surface area (TPSA) is 103 Å². The largest absolute Gasteiger partial charge is 0.496 e. The molecular weight excluding hydrogens is 418 g/mol. The van der Waals surface area contributed by atoms with Crippen LogP contribution in [0.25, 0.3) is 0 Å². The van der Waals surface area contributed by atoms with E-state index in [4.69, 9.17) is 9.47 Å². The number of benzene rings is 2. The van der Waals surface area contributed by atoms with Gasteiger partial charge in [-0.15, -0.1) is 11.3 Å². The summed E-state index contributed by atoms with van der Waals surface area (Å²) >= 11 is 1.35. The van der Waals surface area contributed by atoms with Crippen LogP contribution in [0.3, 0.4) is 0 Å². The van der Waals surface area contributed by atoms with E-state index in [0.29, 0.717) is 21.8 Å². The summed E-state index contributed by atoms with van der Waals surface area (Å²) < 4.78 is 11.1. The zero-order valence-corrected chi connectivity index (χ0v) is 18.1. The van der Waals surface area contributed by atoms with Crippen molar-refractivity contribution in [1.29, 1.82) is 0 Å². The van der Waals surface area contributed by atoms with Crippen molar-refractivity contribution in [1.82, 2.24) is 5.43 Å². The number of amides is 1. The average molecular weight is 439 g/mol. The minimum Gasteiger partial charge on any atom is -0.496 e. The SMILES string of the molecule is COc1ccc(/C=N/NC(=O)c2sccc2C)cc1COc1ccc(C)cc1[N+](=O)[O-]. The molecule has 0 unspecified atom stereocenters. The molecule has 1 aromatic heterocycles. The number of nitrogens with zero attached hydrogens (tertiary/aromatic N) is 2. The van der Waals surface area contributed by atoms with Crippen LogP contribution in [-0.2, 0) is 6.61 Å². The fourth-order valence-electron chi connectivity index (χ4n) is 2.86. The molecule has 1 N–H and O–H groups in total. The van der Waals surface area contributed by atoms with E-state index in [1.54, 1.807) is 37.3 Å². The lowest BCUT2D eigenvalue weighted by atomic mass is 10.1. The van der Waals surface area contributed by atoms with E-state index in [0.717, 1.165) is 11.1 Å². The van der Waals surface area contributed by atoms with Gasteiger partial charge in [-0.05, 0) is 66.2 Å². The third-order valence-corrected chi connectivity index (χ3v) is 5.46. The fraction of sp³-hybridized carbons (Fsp3) is 0.182. The number of hydrogen-bond acceptors (Lipinski definition) is 7. The van der Waals surface area contributed by atoms with Crippen LogP contribution in [0, 0.1) is 24.0 Å². The van der Waals surface area contributed by atoms with E-state index in [2.05, 4.69) is 10.5 Å². The first kappa shape index (κ1) is 22.0. The van der Waals surface area contributed by atoms with Gasteiger partial charge in [-0.1, -0.05) is 6.07 Å². The molecule has 0 fully saturated rings. The van der Waals surface area contributed by atoms with Crippen molar-refractivity contribution in [3.05, 3.63) is 85.1 Å². The van der Waals surface area contributed by atoms with E-state index in [1.807, 2.05) is 18.4 Å². The van der Waals surface area contributed by atoms with E-state index < -0.39 is 4.92 Å². The molecule has 3 rings (SSSR count). The van der Waals surface area contributed by atoms with Gasteiger partial charge in [0.2, 0.25) is 0 Å². The highest BCUT2D eigenvalue weighted by atomic mass is 32.1. The Bertz CT molecular complexity index is 1140. The maximum atomic E-state index is 12.1. The molecule has 0 saturated carbocycles. The fourth-order valence-corrected chi connectivity index (χ4v) is 3.68. The molecule has 1 heterocycles. The molecule has 8 nitrogen and oxygen atoms in total. The number of hydrogen-bond donors (Lipinski definition) is 1. The summed E-state index contributed by atoms with van der Waals surface area (Å²) in [7, 11) is 1.53. The first-order valence-corrected chi connectivity index (χ1v) is 10.2. The minimum atomic E-state index is -0.472. The van der Waals surface area contributed by atoms with Crippen LogP contribution < -0.4 is 14.9 Å². The zero-order valence-electron chi connectivity index (χ0n) is 17.2. The number of hydrazone groups is 1. The van der Waals surface area contributed by atoms with Gasteiger partial charge in [-0.2, -0.15) is 5.10 Å². The van der Waals surface area contributed by atoms with Crippen LogP contribution in [0.2, 0.25) is 0 Å². The number of ether oxygens (including phenoxy) is 2. The van der Waals surface area contributed by atoms with Gasteiger partial charge in [0.05, 0.1) is 23.1 Å². The summed E-state index contributed by atoms with van der Waals surface area (Å²) in [5.41, 5.74) is 5.47. The van der Waals surface area contributed by atoms with Crippen molar-refractivity contribution in [2.24, 2.45) is 5.10 Å². The van der Waals surface area contributed by atoms with E-state index in [1.165, 1.54) is 30.7 Å². The summed E-state index contributed by atoms with van der Waals surface area (Å²) in [6.45, 7) is 3.71. The molecule has 31 heavy (non-hydrogen) atoms. The standard InChI is InChI=1S/C22H21N3O5S/c1-14-4-6-20(18(10-14)25(27)28)30-13-17-11-16(5-7-19(17)29-3)12-23-24-22(26)21-15(2)8-9-31-21/h4-12H,13H2,1-3H3,(H,24,26)/b23-12+. The van der Waals surface area contributed by atoms with Crippen LogP contribution in [0.15, 0.2) is 52.9 Å². The van der Waals surface area contributed by atoms with E-state index in [9.17, 15) is 14.9 Å². The second-order valence-electron chi connectivity index (χ2n) is 6.72. The number of thiophene rings is 1. The molecule has 0 aliphatic carbocycles. The van der Waals surface area contributed by atoms with E-state index >= 15 is 0 Å². The van der Waals surface area contributed by atoms with Gasteiger partial charge >= 0.3 is 5.69 Å². The second-order valence-corrected chi connectivity index (χ2v) is 7.64. The first-order chi connectivity index (χ1) is 14.9. The number of nitrogens with one attached hydrogen (secondary N) is 1. The van der Waals surface area contributed by atoms with Crippen LogP contribution >= 0.6 is 11.3 Å². The van der Waals surface area contributed by atoms with Crippen molar-refractivity contribution in [3.8, 4) is 11.5 Å². The number of nitro benzene ring substituents is 1. The molecule has 0 aliphatic rings. The lowest BCUT2D eigenvalue weighted by molar-refractivity contribution is -0.386. The van der Waals surface area contributed by atoms with E-state index in [-0.39, 0.29) is 24.0 Å². The molecule has 0 radical (unpaired) electrons. The maximum absolute atomic E-state index is 12.1. The van der Waals surface area contributed by atoms with Gasteiger partial charge < -0.3 is 9.47 Å². The molecule has 2 aromatic carbocycles. The molecule has 160 valence electrons. The molecule has 0 bridgehead atoms. The highest BCUT2D eigenvalue weighted by molar-refractivity contribution is 7.12. The van der Waals surface area contributed by atoms with Crippen molar-refractivity contribution in [2.75, 3.05) is 7.11 Å². The number of aryl methyl sites for hydroxylation is 2. The minimum absolute atomic E-state index is 0.0650. The third kappa shape index (κ3) is 5.46. The van der Waals surface area contributed by atoms with Gasteiger partial charge in [-0.3, -0.25) is 14.9 Å². The summed E-state index contributed by atoms with van der Waals surface area (Å²) in [5.74, 6) is 0.480. The van der Waals surface area contributed by atoms with Gasteiger partial charge in [0.1, 0.15) is 12.4 Å². The highest BCUT2D eigenvalue weighted by Gasteiger charge is 2.16. The molecule has 0 spiro atoms. The van der Waals surface area contributed by atoms with Crippen molar-refractivity contribution in [2.45, 2.75) is 20.5 Å². The highest BCUT2D eigenvalue weighted by Crippen LogP contribution is 2.30. The van der Waals surface area contributed by atoms with Gasteiger partial charge in [-0.25, -0.2) is 5.43 Å². The Balaban J connectivity index is 1.73. The number of rotatable bonds is 8. The summed E-state index contributed by atoms with van der Waals surface area (Å²) in [5, 5.41) is 17.2. The molecule has 3 aromatic rings. The van der Waals surface area contributed by atoms with Crippen molar-refractivity contribution < 1.29 is 19.2 Å². The van der Waals surface area contributed by atoms with Crippen LogP contribution in [0.1, 0.15) is 31.9 Å². The smallest absolute Gasteiger partial charge is 0.311 e. The number of carbonyl (C=O) groups excluding carboxylic acids is 1. The number of nitro groups is 1. The molecule has 9 heteroatoms. The van der Waals surface area contributed by atoms with Gasteiger partial charge in [0.25, 0.3) is 5.91 Å². The third-order valence-electron chi connectivity index (χ3n) is 4.45. The average Bonchev–Trinajstić information content (AvgIpc) is 3.18. The molecule has 0 saturated heterocycles. The Morgan fingerprint density at radius 3 is 2.65 bits per heavy atom. The van der Waals surface area contributed by atoms with Gasteiger partial charge in [0, 0.05) is 11.6 Å². The Hall–Kier alpha value is -3.72. The second kappa shape index (κ2) is 9.86. The van der Waals surface area contributed by atoms with Crippen molar-refractivity contribution in [3.63, 3.8) is 0 Å². The normalized spacial score (nSPS) is 10.8. The summed E-state index contributed by atoms with van der Waals surface area (Å²) in [6, 6.07) is 12.0. The number of methoxy groups -OCH3 is 1. The monoisotopic (exact) mass is 439 g/mol. The van der Waals surface area contributed by atoms with Crippen LogP contribution in [0.5, 0.6) is 11.5 Å². The molecule has 0 aliphatic heterocycles. The Labute approximate surface area is 183 Å². The lowest BCUT2D eigenvalue weighted by Crippen LogP contribution is -2.17. The maximum Gasteiger partial charge on any atom is 0.311 e. The summed E-state index contributed by atoms with van der Waals surface area (Å²) in [6.07, 6.45) is 1.51. The first-order valence-electron chi connectivity index (χ1n) is 9.31. The van der Waals surface area contributed by atoms with Crippen LogP contribution in [-0.4, -0.2) is 24.2 Å².